The standard InChI is InChI=1S/C25H23N5OS/c1-17-12-20-23(4-3-5-24(20)31-2)30(17)11-10-26-25-13-21(27-15-28-25)18-6-8-19(9-7-18)22-14-32-16-29-22/h3-9,12-16H,10-11H2,1-2H3,(H,26,27,28). The van der Waals surface area contributed by atoms with Crippen molar-refractivity contribution in [2.75, 3.05) is 19.0 Å². The summed E-state index contributed by atoms with van der Waals surface area (Å²) in [6, 6.07) is 18.6. The van der Waals surface area contributed by atoms with E-state index in [1.807, 2.05) is 29.1 Å². The average molecular weight is 442 g/mol. The van der Waals surface area contributed by atoms with Crippen LogP contribution in [0.15, 0.2) is 71.8 Å². The Balaban J connectivity index is 1.29. The van der Waals surface area contributed by atoms with Crippen LogP contribution in [0.5, 0.6) is 5.75 Å². The van der Waals surface area contributed by atoms with Crippen LogP contribution in [0.4, 0.5) is 5.82 Å². The molecule has 6 nitrogen and oxygen atoms in total. The Hall–Kier alpha value is -3.71. The molecule has 0 spiro atoms. The molecule has 5 rings (SSSR count). The number of benzene rings is 2. The normalized spacial score (nSPS) is 11.1. The topological polar surface area (TPSA) is 64.9 Å². The number of thiazole rings is 1. The van der Waals surface area contributed by atoms with Crippen LogP contribution in [-0.4, -0.2) is 33.2 Å². The fourth-order valence-corrected chi connectivity index (χ4v) is 4.50. The van der Waals surface area contributed by atoms with Crippen LogP contribution in [0.1, 0.15) is 5.69 Å². The summed E-state index contributed by atoms with van der Waals surface area (Å²) in [5, 5.41) is 6.62. The molecule has 3 heterocycles. The smallest absolute Gasteiger partial charge is 0.130 e. The van der Waals surface area contributed by atoms with Gasteiger partial charge in [0.2, 0.25) is 0 Å². The first-order valence-corrected chi connectivity index (χ1v) is 11.3. The van der Waals surface area contributed by atoms with Crippen LogP contribution in [0.2, 0.25) is 0 Å². The molecule has 1 N–H and O–H groups in total. The van der Waals surface area contributed by atoms with E-state index in [-0.39, 0.29) is 0 Å². The first-order valence-electron chi connectivity index (χ1n) is 10.4. The number of nitrogens with one attached hydrogen (secondary N) is 1. The molecule has 0 fully saturated rings. The lowest BCUT2D eigenvalue weighted by atomic mass is 10.1. The Kier molecular flexibility index (Phi) is 5.56. The summed E-state index contributed by atoms with van der Waals surface area (Å²) >= 11 is 1.60. The number of nitrogens with zero attached hydrogens (tertiary/aromatic N) is 4. The Morgan fingerprint density at radius 1 is 0.969 bits per heavy atom. The van der Waals surface area contributed by atoms with Crippen LogP contribution in [-0.2, 0) is 6.54 Å². The van der Waals surface area contributed by atoms with E-state index in [0.717, 1.165) is 52.6 Å². The highest BCUT2D eigenvalue weighted by atomic mass is 32.1. The summed E-state index contributed by atoms with van der Waals surface area (Å²) in [6.45, 7) is 3.70. The van der Waals surface area contributed by atoms with Crippen molar-refractivity contribution in [3.05, 3.63) is 77.5 Å². The number of fused-ring (bicyclic) bond motifs is 1. The number of methoxy groups -OCH3 is 1. The summed E-state index contributed by atoms with van der Waals surface area (Å²) in [5.41, 5.74) is 8.26. The van der Waals surface area contributed by atoms with Crippen LogP contribution < -0.4 is 10.1 Å². The summed E-state index contributed by atoms with van der Waals surface area (Å²) in [4.78, 5) is 13.2. The number of rotatable bonds is 7. The highest BCUT2D eigenvalue weighted by Crippen LogP contribution is 2.28. The molecule has 0 aliphatic heterocycles. The lowest BCUT2D eigenvalue weighted by Gasteiger charge is -2.11. The van der Waals surface area contributed by atoms with E-state index in [2.05, 4.69) is 68.2 Å². The van der Waals surface area contributed by atoms with Crippen LogP contribution in [0.3, 0.4) is 0 Å². The van der Waals surface area contributed by atoms with Gasteiger partial charge in [-0.05, 0) is 25.1 Å². The van der Waals surface area contributed by atoms with Crippen molar-refractivity contribution in [3.63, 3.8) is 0 Å². The van der Waals surface area contributed by atoms with E-state index >= 15 is 0 Å². The highest BCUT2D eigenvalue weighted by Gasteiger charge is 2.10. The van der Waals surface area contributed by atoms with Crippen molar-refractivity contribution in [1.82, 2.24) is 19.5 Å². The summed E-state index contributed by atoms with van der Waals surface area (Å²) in [5.74, 6) is 1.71. The first-order chi connectivity index (χ1) is 15.7. The van der Waals surface area contributed by atoms with Crippen molar-refractivity contribution < 1.29 is 4.74 Å². The van der Waals surface area contributed by atoms with Gasteiger partial charge in [0, 0.05) is 46.7 Å². The van der Waals surface area contributed by atoms with E-state index in [1.165, 1.54) is 11.2 Å². The monoisotopic (exact) mass is 441 g/mol. The summed E-state index contributed by atoms with van der Waals surface area (Å²) in [6.07, 6.45) is 1.60. The fourth-order valence-electron chi connectivity index (χ4n) is 3.94. The van der Waals surface area contributed by atoms with Crippen molar-refractivity contribution in [2.45, 2.75) is 13.5 Å². The van der Waals surface area contributed by atoms with Gasteiger partial charge in [-0.25, -0.2) is 15.0 Å². The number of aryl methyl sites for hydroxylation is 1. The minimum absolute atomic E-state index is 0.751. The molecular weight excluding hydrogens is 418 g/mol. The van der Waals surface area contributed by atoms with Gasteiger partial charge >= 0.3 is 0 Å². The van der Waals surface area contributed by atoms with Crippen LogP contribution in [0.25, 0.3) is 33.4 Å². The molecule has 0 unspecified atom stereocenters. The molecule has 0 saturated carbocycles. The van der Waals surface area contributed by atoms with Crippen molar-refractivity contribution >= 4 is 28.1 Å². The Morgan fingerprint density at radius 2 is 1.78 bits per heavy atom. The van der Waals surface area contributed by atoms with Crippen molar-refractivity contribution in [1.29, 1.82) is 0 Å². The number of aromatic nitrogens is 4. The van der Waals surface area contributed by atoms with Gasteiger partial charge in [-0.3, -0.25) is 0 Å². The summed E-state index contributed by atoms with van der Waals surface area (Å²) in [7, 11) is 1.71. The quantitative estimate of drug-likeness (QED) is 0.353. The molecule has 5 aromatic rings. The molecular formula is C25H23N5OS. The van der Waals surface area contributed by atoms with Gasteiger partial charge in [-0.1, -0.05) is 30.3 Å². The average Bonchev–Trinajstić information content (AvgIpc) is 3.48. The molecule has 0 aliphatic carbocycles. The van der Waals surface area contributed by atoms with E-state index in [1.54, 1.807) is 24.8 Å². The van der Waals surface area contributed by atoms with Gasteiger partial charge in [0.1, 0.15) is 17.9 Å². The lowest BCUT2D eigenvalue weighted by Crippen LogP contribution is -2.12. The van der Waals surface area contributed by atoms with E-state index in [4.69, 9.17) is 4.74 Å². The zero-order valence-corrected chi connectivity index (χ0v) is 18.8. The molecule has 0 bridgehead atoms. The number of hydrogen-bond donors (Lipinski definition) is 1. The molecule has 160 valence electrons. The summed E-state index contributed by atoms with van der Waals surface area (Å²) < 4.78 is 7.80. The molecule has 2 aromatic carbocycles. The van der Waals surface area contributed by atoms with Gasteiger partial charge in [-0.2, -0.15) is 0 Å². The Labute approximate surface area is 190 Å². The Bertz CT molecular complexity index is 1340. The third kappa shape index (κ3) is 3.94. The van der Waals surface area contributed by atoms with Gasteiger partial charge in [-0.15, -0.1) is 11.3 Å². The number of ether oxygens (including phenoxy) is 1. The van der Waals surface area contributed by atoms with E-state index in [0.29, 0.717) is 0 Å². The minimum Gasteiger partial charge on any atom is -0.496 e. The van der Waals surface area contributed by atoms with Crippen molar-refractivity contribution in [2.24, 2.45) is 0 Å². The van der Waals surface area contributed by atoms with Gasteiger partial charge in [0.05, 0.1) is 29.5 Å². The molecule has 0 saturated heterocycles. The Morgan fingerprint density at radius 3 is 2.53 bits per heavy atom. The third-order valence-electron chi connectivity index (χ3n) is 5.55. The number of hydrogen-bond acceptors (Lipinski definition) is 6. The predicted octanol–water partition coefficient (Wildman–Crippen LogP) is 5.65. The molecule has 0 atom stereocenters. The minimum atomic E-state index is 0.751. The van der Waals surface area contributed by atoms with Gasteiger partial charge in [0.15, 0.2) is 0 Å². The van der Waals surface area contributed by atoms with Gasteiger partial charge in [0.25, 0.3) is 0 Å². The maximum atomic E-state index is 5.50. The zero-order valence-electron chi connectivity index (χ0n) is 17.9. The second kappa shape index (κ2) is 8.80. The van der Waals surface area contributed by atoms with E-state index in [9.17, 15) is 0 Å². The second-order valence-corrected chi connectivity index (χ2v) is 8.22. The maximum absolute atomic E-state index is 5.50. The number of anilines is 1. The predicted molar refractivity (Wildman–Crippen MR) is 130 cm³/mol. The first kappa shape index (κ1) is 20.2. The molecule has 0 aliphatic rings. The van der Waals surface area contributed by atoms with Crippen LogP contribution >= 0.6 is 11.3 Å². The molecule has 0 amide bonds. The molecule has 32 heavy (non-hydrogen) atoms. The largest absolute Gasteiger partial charge is 0.496 e. The molecule has 7 heteroatoms. The zero-order chi connectivity index (χ0) is 21.9. The van der Waals surface area contributed by atoms with Gasteiger partial charge < -0.3 is 14.6 Å². The SMILES string of the molecule is COc1cccc2c1cc(C)n2CCNc1cc(-c2ccc(-c3cscn3)cc2)ncn1. The molecule has 3 aromatic heterocycles. The van der Waals surface area contributed by atoms with Crippen LogP contribution in [0, 0.1) is 6.92 Å². The highest BCUT2D eigenvalue weighted by molar-refractivity contribution is 7.07. The second-order valence-electron chi connectivity index (χ2n) is 7.50. The maximum Gasteiger partial charge on any atom is 0.130 e. The molecule has 0 radical (unpaired) electrons. The fraction of sp³-hybridized carbons (Fsp3) is 0.160. The lowest BCUT2D eigenvalue weighted by molar-refractivity contribution is 0.420. The van der Waals surface area contributed by atoms with Crippen molar-refractivity contribution in [3.8, 4) is 28.3 Å². The van der Waals surface area contributed by atoms with E-state index < -0.39 is 0 Å². The third-order valence-corrected chi connectivity index (χ3v) is 6.14.